The van der Waals surface area contributed by atoms with Crippen LogP contribution in [0.15, 0.2) is 146 Å². The van der Waals surface area contributed by atoms with Crippen molar-refractivity contribution in [3.63, 3.8) is 0 Å². The third-order valence-corrected chi connectivity index (χ3v) is 9.38. The normalized spacial score (nSPS) is 13.5. The maximum atomic E-state index is 2.35. The standard InChI is InChI=1S/2C21H18.C3H8.C2H6/c1-21(2)18-13-7-6-11-17(18)20-16(12-8-14-19(20)21)15-9-4-3-5-10-15;1-21(2)19-11-7-6-10-17(19)18-14-16(12-13-20(18)21)15-8-4-3-5-9-15;1-3-2;1-2/h2*3-14H,1-2H3;3H2,1-2H3;1-2H3. The van der Waals surface area contributed by atoms with Gasteiger partial charge in [-0.05, 0) is 72.8 Å². The lowest BCUT2D eigenvalue weighted by Crippen LogP contribution is -2.14. The van der Waals surface area contributed by atoms with Gasteiger partial charge >= 0.3 is 0 Å². The van der Waals surface area contributed by atoms with Crippen molar-refractivity contribution < 1.29 is 0 Å². The van der Waals surface area contributed by atoms with Gasteiger partial charge in [0.25, 0.3) is 0 Å². The lowest BCUT2D eigenvalue weighted by Gasteiger charge is -2.21. The molecule has 0 N–H and O–H groups in total. The maximum absolute atomic E-state index is 2.35. The van der Waals surface area contributed by atoms with E-state index in [1.807, 2.05) is 13.8 Å². The van der Waals surface area contributed by atoms with Gasteiger partial charge in [-0.25, -0.2) is 0 Å². The molecule has 0 nitrogen and oxygen atoms in total. The molecule has 0 saturated carbocycles. The summed E-state index contributed by atoms with van der Waals surface area (Å²) in [4.78, 5) is 0. The molecule has 6 aromatic carbocycles. The summed E-state index contributed by atoms with van der Waals surface area (Å²) in [6.45, 7) is 17.5. The highest BCUT2D eigenvalue weighted by Gasteiger charge is 2.37. The van der Waals surface area contributed by atoms with E-state index in [-0.39, 0.29) is 10.8 Å². The molecule has 0 aliphatic heterocycles. The molecule has 0 radical (unpaired) electrons. The highest BCUT2D eigenvalue weighted by molar-refractivity contribution is 5.92. The Labute approximate surface area is 284 Å². The van der Waals surface area contributed by atoms with Gasteiger partial charge in [-0.15, -0.1) is 0 Å². The number of benzene rings is 6. The highest BCUT2D eigenvalue weighted by atomic mass is 14.4. The number of hydrogen-bond acceptors (Lipinski definition) is 0. The molecule has 0 atom stereocenters. The fourth-order valence-electron chi connectivity index (χ4n) is 7.14. The Kier molecular flexibility index (Phi) is 10.3. The fraction of sp³-hybridized carbons (Fsp3) is 0.234. The first kappa shape index (κ1) is 33.7. The molecular formula is C47H50. The van der Waals surface area contributed by atoms with Gasteiger partial charge in [0.2, 0.25) is 0 Å². The van der Waals surface area contributed by atoms with Crippen LogP contribution >= 0.6 is 0 Å². The van der Waals surface area contributed by atoms with E-state index in [0.29, 0.717) is 0 Å². The maximum Gasteiger partial charge on any atom is 0.0159 e. The number of fused-ring (bicyclic) bond motifs is 6. The molecule has 6 aromatic rings. The monoisotopic (exact) mass is 614 g/mol. The smallest absolute Gasteiger partial charge is 0.0159 e. The average Bonchev–Trinajstić information content (AvgIpc) is 3.50. The zero-order chi connectivity index (χ0) is 33.6. The van der Waals surface area contributed by atoms with Crippen molar-refractivity contribution in [3.05, 3.63) is 168 Å². The quantitative estimate of drug-likeness (QED) is 0.182. The Morgan fingerprint density at radius 1 is 0.362 bits per heavy atom. The molecule has 0 spiro atoms. The van der Waals surface area contributed by atoms with Gasteiger partial charge in [0, 0.05) is 10.8 Å². The predicted molar refractivity (Wildman–Crippen MR) is 206 cm³/mol. The lowest BCUT2D eigenvalue weighted by atomic mass is 9.82. The molecule has 0 amide bonds. The molecule has 47 heavy (non-hydrogen) atoms. The molecule has 0 bridgehead atoms. The summed E-state index contributed by atoms with van der Waals surface area (Å²) < 4.78 is 0. The van der Waals surface area contributed by atoms with Gasteiger partial charge in [-0.1, -0.05) is 201 Å². The SMILES string of the molecule is CC.CC1(C)c2ccccc2-c2c(-c3ccccc3)cccc21.CC1(C)c2ccccc2-c2cc(-c3ccccc3)ccc21.CCC. The Balaban J connectivity index is 0.000000163. The van der Waals surface area contributed by atoms with Crippen molar-refractivity contribution in [2.45, 2.75) is 72.6 Å². The second kappa shape index (κ2) is 14.4. The second-order valence-corrected chi connectivity index (χ2v) is 13.3. The van der Waals surface area contributed by atoms with Gasteiger partial charge in [0.05, 0.1) is 0 Å². The van der Waals surface area contributed by atoms with Crippen LogP contribution in [0.5, 0.6) is 0 Å². The molecule has 238 valence electrons. The van der Waals surface area contributed by atoms with Crippen molar-refractivity contribution >= 4 is 0 Å². The summed E-state index contributed by atoms with van der Waals surface area (Å²) >= 11 is 0. The first-order valence-electron chi connectivity index (χ1n) is 17.4. The molecule has 0 unspecified atom stereocenters. The van der Waals surface area contributed by atoms with Gasteiger partial charge in [0.15, 0.2) is 0 Å². The van der Waals surface area contributed by atoms with Crippen LogP contribution in [0.4, 0.5) is 0 Å². The Bertz CT molecular complexity index is 1920. The third kappa shape index (κ3) is 6.35. The van der Waals surface area contributed by atoms with E-state index < -0.39 is 0 Å². The summed E-state index contributed by atoms with van der Waals surface area (Å²) in [6, 6.07) is 52.5. The second-order valence-electron chi connectivity index (χ2n) is 13.3. The Morgan fingerprint density at radius 3 is 1.40 bits per heavy atom. The van der Waals surface area contributed by atoms with E-state index in [4.69, 9.17) is 0 Å². The molecular weight excluding hydrogens is 565 g/mol. The van der Waals surface area contributed by atoms with Crippen LogP contribution in [0.25, 0.3) is 44.5 Å². The molecule has 0 fully saturated rings. The van der Waals surface area contributed by atoms with Crippen molar-refractivity contribution in [3.8, 4) is 44.5 Å². The molecule has 8 rings (SSSR count). The van der Waals surface area contributed by atoms with E-state index in [9.17, 15) is 0 Å². The fourth-order valence-corrected chi connectivity index (χ4v) is 7.14. The Morgan fingerprint density at radius 2 is 0.787 bits per heavy atom. The first-order chi connectivity index (χ1) is 22.8. The van der Waals surface area contributed by atoms with Crippen LogP contribution in [0, 0.1) is 0 Å². The van der Waals surface area contributed by atoms with Crippen LogP contribution in [-0.4, -0.2) is 0 Å². The van der Waals surface area contributed by atoms with Crippen molar-refractivity contribution in [1.29, 1.82) is 0 Å². The Hall–Kier alpha value is -4.68. The minimum atomic E-state index is 0.0801. The number of rotatable bonds is 2. The zero-order valence-electron chi connectivity index (χ0n) is 29.6. The molecule has 0 heteroatoms. The summed E-state index contributed by atoms with van der Waals surface area (Å²) in [5, 5.41) is 0. The van der Waals surface area contributed by atoms with Crippen molar-refractivity contribution in [1.82, 2.24) is 0 Å². The number of hydrogen-bond donors (Lipinski definition) is 0. The summed E-state index contributed by atoms with van der Waals surface area (Å²) in [5.74, 6) is 0. The van der Waals surface area contributed by atoms with E-state index in [1.54, 1.807) is 0 Å². The molecule has 2 aliphatic carbocycles. The lowest BCUT2D eigenvalue weighted by molar-refractivity contribution is 0.660. The van der Waals surface area contributed by atoms with Crippen LogP contribution in [0.3, 0.4) is 0 Å². The largest absolute Gasteiger partial charge is 0.0683 e. The van der Waals surface area contributed by atoms with E-state index in [2.05, 4.69) is 187 Å². The summed E-state index contributed by atoms with van der Waals surface area (Å²) in [7, 11) is 0. The van der Waals surface area contributed by atoms with Crippen LogP contribution in [0.1, 0.15) is 84.1 Å². The van der Waals surface area contributed by atoms with Gasteiger partial charge in [0.1, 0.15) is 0 Å². The topological polar surface area (TPSA) is 0 Å². The van der Waals surface area contributed by atoms with Crippen molar-refractivity contribution in [2.24, 2.45) is 0 Å². The highest BCUT2D eigenvalue weighted by Crippen LogP contribution is 2.52. The minimum Gasteiger partial charge on any atom is -0.0683 e. The summed E-state index contributed by atoms with van der Waals surface area (Å²) in [5.41, 5.74) is 16.7. The average molecular weight is 615 g/mol. The van der Waals surface area contributed by atoms with E-state index in [0.717, 1.165) is 0 Å². The third-order valence-electron chi connectivity index (χ3n) is 9.38. The van der Waals surface area contributed by atoms with E-state index in [1.165, 1.54) is 73.2 Å². The van der Waals surface area contributed by atoms with E-state index >= 15 is 0 Å². The zero-order valence-corrected chi connectivity index (χ0v) is 29.6. The van der Waals surface area contributed by atoms with Gasteiger partial charge < -0.3 is 0 Å². The molecule has 2 aliphatic rings. The summed E-state index contributed by atoms with van der Waals surface area (Å²) in [6.07, 6.45) is 1.25. The molecule has 0 saturated heterocycles. The predicted octanol–water partition coefficient (Wildman–Crippen LogP) is 13.8. The molecule has 0 aromatic heterocycles. The minimum absolute atomic E-state index is 0.0801. The van der Waals surface area contributed by atoms with Crippen LogP contribution < -0.4 is 0 Å². The van der Waals surface area contributed by atoms with Crippen LogP contribution in [0.2, 0.25) is 0 Å². The van der Waals surface area contributed by atoms with Crippen LogP contribution in [-0.2, 0) is 10.8 Å². The first-order valence-corrected chi connectivity index (χ1v) is 17.4. The van der Waals surface area contributed by atoms with Crippen molar-refractivity contribution in [2.75, 3.05) is 0 Å². The van der Waals surface area contributed by atoms with Gasteiger partial charge in [-0.3, -0.25) is 0 Å². The van der Waals surface area contributed by atoms with Gasteiger partial charge in [-0.2, -0.15) is 0 Å². The molecule has 0 heterocycles.